The molecule has 0 aromatic heterocycles. The number of rotatable bonds is 6. The van der Waals surface area contributed by atoms with Crippen molar-refractivity contribution < 1.29 is 4.79 Å². The Balaban J connectivity index is 2.39. The molecule has 0 aliphatic rings. The van der Waals surface area contributed by atoms with E-state index in [-0.39, 0.29) is 5.91 Å². The Morgan fingerprint density at radius 3 is 2.76 bits per heavy atom. The fourth-order valence-corrected chi connectivity index (χ4v) is 1.73. The number of nitrogens with one attached hydrogen (secondary N) is 2. The second-order valence-electron chi connectivity index (χ2n) is 3.63. The van der Waals surface area contributed by atoms with E-state index in [0.717, 1.165) is 24.0 Å². The van der Waals surface area contributed by atoms with Gasteiger partial charge < -0.3 is 10.6 Å². The zero-order valence-corrected chi connectivity index (χ0v) is 12.1. The van der Waals surface area contributed by atoms with Crippen LogP contribution < -0.4 is 10.6 Å². The maximum atomic E-state index is 11.7. The molecular formula is C12H16BrClN2O. The lowest BCUT2D eigenvalue weighted by atomic mass is 10.2. The van der Waals surface area contributed by atoms with E-state index in [0.29, 0.717) is 17.1 Å². The van der Waals surface area contributed by atoms with Gasteiger partial charge in [0.15, 0.2) is 0 Å². The van der Waals surface area contributed by atoms with Gasteiger partial charge in [-0.05, 0) is 47.1 Å². The molecule has 0 aliphatic heterocycles. The standard InChI is InChI=1S/C12H16BrClN2O/c1-2-5-15-6-7-16-12(17)9-3-4-10(13)11(14)8-9/h3-4,8,15H,2,5-7H2,1H3,(H,16,17). The molecule has 3 nitrogen and oxygen atoms in total. The first-order valence-electron chi connectivity index (χ1n) is 5.59. The highest BCUT2D eigenvalue weighted by Crippen LogP contribution is 2.22. The molecule has 17 heavy (non-hydrogen) atoms. The molecule has 1 aromatic carbocycles. The molecule has 0 aliphatic carbocycles. The van der Waals surface area contributed by atoms with Crippen molar-refractivity contribution in [1.82, 2.24) is 10.6 Å². The first kappa shape index (κ1) is 14.5. The summed E-state index contributed by atoms with van der Waals surface area (Å²) in [5.74, 6) is -0.0994. The maximum Gasteiger partial charge on any atom is 0.251 e. The predicted octanol–water partition coefficient (Wildman–Crippen LogP) is 2.83. The Labute approximate surface area is 115 Å². The SMILES string of the molecule is CCCNCCNC(=O)c1ccc(Br)c(Cl)c1. The van der Waals surface area contributed by atoms with Crippen molar-refractivity contribution in [1.29, 1.82) is 0 Å². The van der Waals surface area contributed by atoms with Gasteiger partial charge >= 0.3 is 0 Å². The Kier molecular flexibility index (Phi) is 6.55. The molecule has 0 saturated carbocycles. The van der Waals surface area contributed by atoms with Crippen LogP contribution in [0.2, 0.25) is 5.02 Å². The third-order valence-electron chi connectivity index (χ3n) is 2.20. The topological polar surface area (TPSA) is 41.1 Å². The van der Waals surface area contributed by atoms with Crippen LogP contribution in [-0.4, -0.2) is 25.5 Å². The molecule has 1 amide bonds. The first-order valence-corrected chi connectivity index (χ1v) is 6.76. The Morgan fingerprint density at radius 2 is 2.12 bits per heavy atom. The van der Waals surface area contributed by atoms with Gasteiger partial charge in [-0.3, -0.25) is 4.79 Å². The molecular weight excluding hydrogens is 304 g/mol. The van der Waals surface area contributed by atoms with Gasteiger partial charge in [0.25, 0.3) is 5.91 Å². The lowest BCUT2D eigenvalue weighted by molar-refractivity contribution is 0.0954. The van der Waals surface area contributed by atoms with Gasteiger partial charge in [0, 0.05) is 23.1 Å². The van der Waals surface area contributed by atoms with Crippen LogP contribution in [0.25, 0.3) is 0 Å². The van der Waals surface area contributed by atoms with Crippen LogP contribution in [0.3, 0.4) is 0 Å². The number of amides is 1. The van der Waals surface area contributed by atoms with Gasteiger partial charge in [-0.2, -0.15) is 0 Å². The van der Waals surface area contributed by atoms with Gasteiger partial charge in [-0.1, -0.05) is 18.5 Å². The zero-order valence-electron chi connectivity index (χ0n) is 9.72. The summed E-state index contributed by atoms with van der Waals surface area (Å²) in [7, 11) is 0. The van der Waals surface area contributed by atoms with Crippen molar-refractivity contribution >= 4 is 33.4 Å². The van der Waals surface area contributed by atoms with Crippen LogP contribution >= 0.6 is 27.5 Å². The Bertz CT molecular complexity index is 385. The fraction of sp³-hybridized carbons (Fsp3) is 0.417. The van der Waals surface area contributed by atoms with E-state index in [1.807, 2.05) is 0 Å². The fourth-order valence-electron chi connectivity index (χ4n) is 1.31. The van der Waals surface area contributed by atoms with E-state index in [1.54, 1.807) is 18.2 Å². The van der Waals surface area contributed by atoms with Crippen molar-refractivity contribution in [3.8, 4) is 0 Å². The third-order valence-corrected chi connectivity index (χ3v) is 3.43. The van der Waals surface area contributed by atoms with Crippen molar-refractivity contribution in [2.45, 2.75) is 13.3 Å². The van der Waals surface area contributed by atoms with Crippen molar-refractivity contribution in [3.63, 3.8) is 0 Å². The van der Waals surface area contributed by atoms with E-state index in [4.69, 9.17) is 11.6 Å². The highest BCUT2D eigenvalue weighted by atomic mass is 79.9. The van der Waals surface area contributed by atoms with Crippen LogP contribution in [0.1, 0.15) is 23.7 Å². The van der Waals surface area contributed by atoms with Crippen molar-refractivity contribution in [2.24, 2.45) is 0 Å². The molecule has 0 unspecified atom stereocenters. The Hall–Kier alpha value is -0.580. The summed E-state index contributed by atoms with van der Waals surface area (Å²) in [5, 5.41) is 6.59. The van der Waals surface area contributed by atoms with Gasteiger partial charge in [-0.15, -0.1) is 0 Å². The minimum absolute atomic E-state index is 0.0994. The van der Waals surface area contributed by atoms with E-state index >= 15 is 0 Å². The molecule has 0 saturated heterocycles. The van der Waals surface area contributed by atoms with Gasteiger partial charge in [-0.25, -0.2) is 0 Å². The van der Waals surface area contributed by atoms with Crippen LogP contribution in [0.15, 0.2) is 22.7 Å². The molecule has 94 valence electrons. The monoisotopic (exact) mass is 318 g/mol. The molecule has 0 spiro atoms. The predicted molar refractivity (Wildman–Crippen MR) is 74.6 cm³/mol. The summed E-state index contributed by atoms with van der Waals surface area (Å²) in [6, 6.07) is 5.16. The van der Waals surface area contributed by atoms with E-state index in [9.17, 15) is 4.79 Å². The number of carbonyl (C=O) groups excluding carboxylic acids is 1. The molecule has 0 atom stereocenters. The normalized spacial score (nSPS) is 10.3. The maximum absolute atomic E-state index is 11.7. The summed E-state index contributed by atoms with van der Waals surface area (Å²) in [6.45, 7) is 4.48. The second-order valence-corrected chi connectivity index (χ2v) is 4.90. The van der Waals surface area contributed by atoms with E-state index < -0.39 is 0 Å². The molecule has 1 rings (SSSR count). The van der Waals surface area contributed by atoms with Gasteiger partial charge in [0.05, 0.1) is 5.02 Å². The van der Waals surface area contributed by atoms with Crippen LogP contribution in [0.5, 0.6) is 0 Å². The summed E-state index contributed by atoms with van der Waals surface area (Å²) < 4.78 is 0.792. The number of hydrogen-bond acceptors (Lipinski definition) is 2. The van der Waals surface area contributed by atoms with Gasteiger partial charge in [0.1, 0.15) is 0 Å². The molecule has 2 N–H and O–H groups in total. The lowest BCUT2D eigenvalue weighted by Gasteiger charge is -2.06. The molecule has 0 heterocycles. The lowest BCUT2D eigenvalue weighted by Crippen LogP contribution is -2.32. The number of carbonyl (C=O) groups is 1. The molecule has 1 aromatic rings. The largest absolute Gasteiger partial charge is 0.351 e. The smallest absolute Gasteiger partial charge is 0.251 e. The Morgan fingerprint density at radius 1 is 1.35 bits per heavy atom. The molecule has 0 fully saturated rings. The summed E-state index contributed by atoms with van der Waals surface area (Å²) in [5.41, 5.74) is 0.577. The van der Waals surface area contributed by atoms with Gasteiger partial charge in [0.2, 0.25) is 0 Å². The highest BCUT2D eigenvalue weighted by Gasteiger charge is 2.06. The second kappa shape index (κ2) is 7.69. The average molecular weight is 320 g/mol. The zero-order chi connectivity index (χ0) is 12.7. The highest BCUT2D eigenvalue weighted by molar-refractivity contribution is 9.10. The quantitative estimate of drug-likeness (QED) is 0.792. The summed E-state index contributed by atoms with van der Waals surface area (Å²) >= 11 is 9.21. The minimum Gasteiger partial charge on any atom is -0.351 e. The molecule has 0 radical (unpaired) electrons. The number of benzene rings is 1. The van der Waals surface area contributed by atoms with E-state index in [1.165, 1.54) is 0 Å². The first-order chi connectivity index (χ1) is 8.15. The minimum atomic E-state index is -0.0994. The number of hydrogen-bond donors (Lipinski definition) is 2. The van der Waals surface area contributed by atoms with Crippen LogP contribution in [-0.2, 0) is 0 Å². The average Bonchev–Trinajstić information content (AvgIpc) is 2.32. The van der Waals surface area contributed by atoms with Crippen molar-refractivity contribution in [3.05, 3.63) is 33.3 Å². The molecule has 0 bridgehead atoms. The van der Waals surface area contributed by atoms with Crippen LogP contribution in [0, 0.1) is 0 Å². The van der Waals surface area contributed by atoms with E-state index in [2.05, 4.69) is 33.5 Å². The summed E-state index contributed by atoms with van der Waals surface area (Å²) in [6.07, 6.45) is 1.09. The van der Waals surface area contributed by atoms with Crippen LogP contribution in [0.4, 0.5) is 0 Å². The third kappa shape index (κ3) is 5.06. The van der Waals surface area contributed by atoms with Crippen molar-refractivity contribution in [2.75, 3.05) is 19.6 Å². The molecule has 5 heteroatoms. The number of halogens is 2. The summed E-state index contributed by atoms with van der Waals surface area (Å²) in [4.78, 5) is 11.7.